The number of carboxylic acid groups (broad SMARTS) is 1. The Balaban J connectivity index is 1.99. The van der Waals surface area contributed by atoms with Gasteiger partial charge in [-0.1, -0.05) is 18.2 Å². The smallest absolute Gasteiger partial charge is 0.416 e. The van der Waals surface area contributed by atoms with Crippen LogP contribution in [0.25, 0.3) is 12.2 Å². The molecule has 2 aromatic rings. The Labute approximate surface area is 172 Å². The molecule has 1 aliphatic carbocycles. The van der Waals surface area contributed by atoms with E-state index in [0.29, 0.717) is 29.7 Å². The topological polar surface area (TPSA) is 54.4 Å². The van der Waals surface area contributed by atoms with E-state index in [1.54, 1.807) is 6.07 Å². The quantitative estimate of drug-likeness (QED) is 0.468. The van der Waals surface area contributed by atoms with E-state index in [-0.39, 0.29) is 29.2 Å². The van der Waals surface area contributed by atoms with E-state index in [4.69, 9.17) is 5.11 Å². The number of Topliss-reactive ketones (excluding diaryl/α,β-unsaturated/α-hetero) is 1. The zero-order chi connectivity index (χ0) is 23.0. The third-order valence-corrected chi connectivity index (χ3v) is 4.70. The van der Waals surface area contributed by atoms with Crippen molar-refractivity contribution in [3.05, 3.63) is 81.4 Å². The first kappa shape index (κ1) is 22.3. The second kappa shape index (κ2) is 8.05. The molecule has 0 radical (unpaired) electrons. The van der Waals surface area contributed by atoms with Crippen LogP contribution in [0.2, 0.25) is 0 Å². The highest BCUT2D eigenvalue weighted by molar-refractivity contribution is 6.13. The molecule has 0 aromatic heterocycles. The van der Waals surface area contributed by atoms with Crippen LogP contribution in [0.3, 0.4) is 0 Å². The standard InChI is InChI=1S/C22H14F6O3/c23-21(24,25)16-9-13(10-17(11-16)22(26,27)28)8-15-4-3-14-7-12(2-6-19(29)30)1-5-18(14)20(15)31/h1-2,5-11H,3-4H2,(H,29,30)/b6-2+,15-8+. The minimum atomic E-state index is -4.97. The predicted molar refractivity (Wildman–Crippen MR) is 100 cm³/mol. The number of fused-ring (bicyclic) bond motifs is 1. The second-order valence-electron chi connectivity index (χ2n) is 6.93. The third-order valence-electron chi connectivity index (χ3n) is 4.70. The van der Waals surface area contributed by atoms with E-state index in [0.717, 1.165) is 12.2 Å². The number of aryl methyl sites for hydroxylation is 1. The van der Waals surface area contributed by atoms with Gasteiger partial charge in [0.25, 0.3) is 0 Å². The van der Waals surface area contributed by atoms with Crippen molar-refractivity contribution in [2.45, 2.75) is 25.2 Å². The summed E-state index contributed by atoms with van der Waals surface area (Å²) < 4.78 is 78.3. The van der Waals surface area contributed by atoms with Crippen LogP contribution in [0, 0.1) is 0 Å². The Hall–Kier alpha value is -3.36. The Morgan fingerprint density at radius 3 is 2.03 bits per heavy atom. The molecular weight excluding hydrogens is 426 g/mol. The van der Waals surface area contributed by atoms with Gasteiger partial charge >= 0.3 is 18.3 Å². The molecule has 0 saturated carbocycles. The van der Waals surface area contributed by atoms with Gasteiger partial charge in [0.05, 0.1) is 11.1 Å². The molecule has 3 nitrogen and oxygen atoms in total. The molecular formula is C22H14F6O3. The van der Waals surface area contributed by atoms with E-state index >= 15 is 0 Å². The maximum Gasteiger partial charge on any atom is 0.416 e. The number of ketones is 1. The molecule has 0 unspecified atom stereocenters. The zero-order valence-electron chi connectivity index (χ0n) is 15.6. The number of rotatable bonds is 3. The number of hydrogen-bond acceptors (Lipinski definition) is 2. The Morgan fingerprint density at radius 1 is 0.871 bits per heavy atom. The fraction of sp³-hybridized carbons (Fsp3) is 0.182. The first-order valence-electron chi connectivity index (χ1n) is 8.93. The van der Waals surface area contributed by atoms with Gasteiger partial charge in [0.15, 0.2) is 5.78 Å². The van der Waals surface area contributed by atoms with Gasteiger partial charge in [0.2, 0.25) is 0 Å². The summed E-state index contributed by atoms with van der Waals surface area (Å²) in [5.74, 6) is -1.64. The maximum atomic E-state index is 13.0. The van der Waals surface area contributed by atoms with Crippen molar-refractivity contribution >= 4 is 23.9 Å². The Morgan fingerprint density at radius 2 is 1.48 bits per heavy atom. The molecule has 0 saturated heterocycles. The van der Waals surface area contributed by atoms with Gasteiger partial charge in [0.1, 0.15) is 0 Å². The summed E-state index contributed by atoms with van der Waals surface area (Å²) >= 11 is 0. The van der Waals surface area contributed by atoms with Crippen molar-refractivity contribution in [1.82, 2.24) is 0 Å². The summed E-state index contributed by atoms with van der Waals surface area (Å²) in [6, 6.07) is 5.77. The average Bonchev–Trinajstić information content (AvgIpc) is 2.67. The van der Waals surface area contributed by atoms with Gasteiger partial charge in [-0.2, -0.15) is 26.3 Å². The summed E-state index contributed by atoms with van der Waals surface area (Å²) in [6.07, 6.45) is -6.17. The van der Waals surface area contributed by atoms with Gasteiger partial charge in [0, 0.05) is 17.2 Å². The van der Waals surface area contributed by atoms with Crippen LogP contribution >= 0.6 is 0 Å². The minimum absolute atomic E-state index is 0.0339. The molecule has 1 N–H and O–H groups in total. The number of carbonyl (C=O) groups is 2. The summed E-state index contributed by atoms with van der Waals surface area (Å²) in [7, 11) is 0. The van der Waals surface area contributed by atoms with E-state index in [2.05, 4.69) is 0 Å². The fourth-order valence-electron chi connectivity index (χ4n) is 3.27. The molecule has 0 atom stereocenters. The third kappa shape index (κ3) is 5.22. The lowest BCUT2D eigenvalue weighted by Crippen LogP contribution is -2.15. The van der Waals surface area contributed by atoms with Crippen molar-refractivity contribution in [3.8, 4) is 0 Å². The number of carbonyl (C=O) groups excluding carboxylic acids is 1. The molecule has 2 aromatic carbocycles. The van der Waals surface area contributed by atoms with E-state index in [1.807, 2.05) is 0 Å². The summed E-state index contributed by atoms with van der Waals surface area (Å²) in [4.78, 5) is 23.3. The zero-order valence-corrected chi connectivity index (χ0v) is 15.6. The van der Waals surface area contributed by atoms with Crippen molar-refractivity contribution < 1.29 is 41.0 Å². The Kier molecular flexibility index (Phi) is 5.80. The molecule has 0 fully saturated rings. The summed E-state index contributed by atoms with van der Waals surface area (Å²) in [5, 5.41) is 8.68. The molecule has 0 spiro atoms. The van der Waals surface area contributed by atoms with Crippen molar-refractivity contribution in [2.75, 3.05) is 0 Å². The van der Waals surface area contributed by atoms with Gasteiger partial charge in [-0.3, -0.25) is 4.79 Å². The molecule has 9 heteroatoms. The molecule has 0 aliphatic heterocycles. The van der Waals surface area contributed by atoms with Gasteiger partial charge < -0.3 is 5.11 Å². The SMILES string of the molecule is O=C(O)/C=C/c1ccc2c(c1)CC/C(=C\c1cc(C(F)(F)F)cc(C(F)(F)F)c1)C2=O. The van der Waals surface area contributed by atoms with Crippen LogP contribution in [0.1, 0.15) is 44.6 Å². The van der Waals surface area contributed by atoms with Crippen LogP contribution in [-0.2, 0) is 23.6 Å². The predicted octanol–water partition coefficient (Wildman–Crippen LogP) is 6.03. The lowest BCUT2D eigenvalue weighted by atomic mass is 9.85. The molecule has 0 amide bonds. The van der Waals surface area contributed by atoms with Crippen LogP contribution in [-0.4, -0.2) is 16.9 Å². The first-order chi connectivity index (χ1) is 14.3. The van der Waals surface area contributed by atoms with Crippen molar-refractivity contribution in [2.24, 2.45) is 0 Å². The normalized spacial score (nSPS) is 16.1. The molecule has 31 heavy (non-hydrogen) atoms. The number of halogens is 6. The average molecular weight is 440 g/mol. The number of hydrogen-bond donors (Lipinski definition) is 1. The number of benzene rings is 2. The van der Waals surface area contributed by atoms with E-state index < -0.39 is 35.2 Å². The largest absolute Gasteiger partial charge is 0.478 e. The van der Waals surface area contributed by atoms with Crippen molar-refractivity contribution in [1.29, 1.82) is 0 Å². The maximum absolute atomic E-state index is 13.0. The minimum Gasteiger partial charge on any atom is -0.478 e. The second-order valence-corrected chi connectivity index (χ2v) is 6.93. The van der Waals surface area contributed by atoms with Gasteiger partial charge in [-0.25, -0.2) is 4.79 Å². The fourth-order valence-corrected chi connectivity index (χ4v) is 3.27. The lowest BCUT2D eigenvalue weighted by Gasteiger charge is -2.19. The highest BCUT2D eigenvalue weighted by Crippen LogP contribution is 2.37. The van der Waals surface area contributed by atoms with Crippen LogP contribution in [0.5, 0.6) is 0 Å². The molecule has 0 bridgehead atoms. The number of alkyl halides is 6. The van der Waals surface area contributed by atoms with Gasteiger partial charge in [-0.15, -0.1) is 0 Å². The molecule has 162 valence electrons. The molecule has 0 heterocycles. The monoisotopic (exact) mass is 440 g/mol. The van der Waals surface area contributed by atoms with Gasteiger partial charge in [-0.05, 0) is 59.9 Å². The first-order valence-corrected chi connectivity index (χ1v) is 8.93. The number of aliphatic carboxylic acids is 1. The lowest BCUT2D eigenvalue weighted by molar-refractivity contribution is -0.143. The number of carboxylic acids is 1. The van der Waals surface area contributed by atoms with Crippen LogP contribution in [0.15, 0.2) is 48.0 Å². The highest BCUT2D eigenvalue weighted by Gasteiger charge is 2.37. The van der Waals surface area contributed by atoms with E-state index in [9.17, 15) is 35.9 Å². The van der Waals surface area contributed by atoms with E-state index in [1.165, 1.54) is 18.2 Å². The molecule has 1 aliphatic rings. The summed E-state index contributed by atoms with van der Waals surface area (Å²) in [6.45, 7) is 0. The summed E-state index contributed by atoms with van der Waals surface area (Å²) in [5.41, 5.74) is -1.74. The Bertz CT molecular complexity index is 1070. The molecule has 3 rings (SSSR count). The van der Waals surface area contributed by atoms with Crippen LogP contribution < -0.4 is 0 Å². The van der Waals surface area contributed by atoms with Crippen molar-refractivity contribution in [3.63, 3.8) is 0 Å². The van der Waals surface area contributed by atoms with Crippen LogP contribution in [0.4, 0.5) is 26.3 Å². The highest BCUT2D eigenvalue weighted by atomic mass is 19.4. The number of allylic oxidation sites excluding steroid dienone is 1.